The van der Waals surface area contributed by atoms with E-state index in [-0.39, 0.29) is 11.3 Å². The Labute approximate surface area is 250 Å². The first-order valence-electron chi connectivity index (χ1n) is 12.6. The van der Waals surface area contributed by atoms with Crippen molar-refractivity contribution < 1.29 is 89.3 Å². The fourth-order valence-electron chi connectivity index (χ4n) is 3.76. The Morgan fingerprint density at radius 1 is 0.587 bits per heavy atom. The summed E-state index contributed by atoms with van der Waals surface area (Å²) >= 11 is 0. The first kappa shape index (κ1) is 41.3. The van der Waals surface area contributed by atoms with Crippen LogP contribution < -0.4 is 0 Å². The summed E-state index contributed by atoms with van der Waals surface area (Å²) in [6, 6.07) is 2.73. The van der Waals surface area contributed by atoms with E-state index in [2.05, 4.69) is 4.74 Å². The molecule has 0 aliphatic carbocycles. The Balaban J connectivity index is 3.31. The van der Waals surface area contributed by atoms with Gasteiger partial charge in [-0.25, -0.2) is 0 Å². The molecule has 1 rings (SSSR count). The van der Waals surface area contributed by atoms with E-state index in [1.54, 1.807) is 41.5 Å². The van der Waals surface area contributed by atoms with E-state index in [0.717, 1.165) is 0 Å². The van der Waals surface area contributed by atoms with E-state index < -0.39 is 83.9 Å². The monoisotopic (exact) mass is 710 g/mol. The number of ether oxygens (including phenoxy) is 1. The van der Waals surface area contributed by atoms with Crippen LogP contribution in [-0.2, 0) is 26.8 Å². The van der Waals surface area contributed by atoms with Crippen LogP contribution in [-0.4, -0.2) is 65.3 Å². The molecule has 0 amide bonds. The third kappa shape index (κ3) is 6.80. The topological polar surface area (TPSA) is 46.5 Å². The fraction of sp³-hybridized carbons (Fsp3) is 0.731. The van der Waals surface area contributed by atoms with E-state index in [1.807, 2.05) is 0 Å². The largest absolute Gasteiger partial charge is 0.507 e. The summed E-state index contributed by atoms with van der Waals surface area (Å²) in [5, 5.41) is 10.7. The molecule has 0 bridgehead atoms. The number of benzene rings is 1. The molecule has 268 valence electrons. The van der Waals surface area contributed by atoms with Crippen LogP contribution in [0.5, 0.6) is 5.75 Å². The van der Waals surface area contributed by atoms with Gasteiger partial charge in [0.15, 0.2) is 6.61 Å². The summed E-state index contributed by atoms with van der Waals surface area (Å²) in [7, 11) is 0. The number of esters is 1. The SMILES string of the molecule is CC(C)(C)c1cc(CCC(=O)OCC(F)(F)C(F)(F)C(F)(F)C(F)(F)C(F)(F)C(F)(F)C(F)(F)C(F)(F)F)cc(C(C)(C)C)c1O. The van der Waals surface area contributed by atoms with E-state index in [0.29, 0.717) is 11.1 Å². The normalized spacial score (nSPS) is 15.3. The molecule has 0 saturated heterocycles. The van der Waals surface area contributed by atoms with Gasteiger partial charge in [0.25, 0.3) is 0 Å². The summed E-state index contributed by atoms with van der Waals surface area (Å²) < 4.78 is 231. The predicted octanol–water partition coefficient (Wildman–Crippen LogP) is 9.47. The number of rotatable bonds is 11. The minimum Gasteiger partial charge on any atom is -0.507 e. The van der Waals surface area contributed by atoms with Gasteiger partial charge in [0, 0.05) is 6.42 Å². The number of hydrogen-bond acceptors (Lipinski definition) is 3. The van der Waals surface area contributed by atoms with Gasteiger partial charge >= 0.3 is 53.6 Å². The molecule has 20 heteroatoms. The average Bonchev–Trinajstić information content (AvgIpc) is 2.83. The van der Waals surface area contributed by atoms with Crippen LogP contribution in [0.1, 0.15) is 64.7 Å². The maximum atomic E-state index is 14.0. The number of carbonyl (C=O) groups excluding carboxylic acids is 1. The van der Waals surface area contributed by atoms with Crippen molar-refractivity contribution in [2.45, 2.75) is 113 Å². The number of hydrogen-bond donors (Lipinski definition) is 1. The minimum atomic E-state index is -8.74. The van der Waals surface area contributed by atoms with Gasteiger partial charge < -0.3 is 9.84 Å². The van der Waals surface area contributed by atoms with Gasteiger partial charge in [-0.2, -0.15) is 74.6 Å². The van der Waals surface area contributed by atoms with E-state index in [4.69, 9.17) is 0 Å². The Hall–Kier alpha value is -2.70. The van der Waals surface area contributed by atoms with Gasteiger partial charge in [0.05, 0.1) is 0 Å². The zero-order chi connectivity index (χ0) is 37.1. The molecule has 0 heterocycles. The molecule has 0 saturated carbocycles. The van der Waals surface area contributed by atoms with Crippen LogP contribution in [0.2, 0.25) is 0 Å². The van der Waals surface area contributed by atoms with Crippen molar-refractivity contribution in [3.63, 3.8) is 0 Å². The highest BCUT2D eigenvalue weighted by Crippen LogP contribution is 2.64. The molecule has 0 aliphatic heterocycles. The van der Waals surface area contributed by atoms with E-state index in [1.165, 1.54) is 12.1 Å². The van der Waals surface area contributed by atoms with Crippen LogP contribution in [0.25, 0.3) is 0 Å². The van der Waals surface area contributed by atoms with Gasteiger partial charge in [0.1, 0.15) is 5.75 Å². The molecule has 46 heavy (non-hydrogen) atoms. The lowest BCUT2D eigenvalue weighted by atomic mass is 9.78. The molecule has 0 unspecified atom stereocenters. The zero-order valence-electron chi connectivity index (χ0n) is 24.5. The fourth-order valence-corrected chi connectivity index (χ4v) is 3.76. The lowest BCUT2D eigenvalue weighted by Gasteiger charge is -2.42. The van der Waals surface area contributed by atoms with Crippen LogP contribution in [0.4, 0.5) is 74.6 Å². The van der Waals surface area contributed by atoms with Crippen LogP contribution in [0.15, 0.2) is 12.1 Å². The Morgan fingerprint density at radius 3 is 1.24 bits per heavy atom. The van der Waals surface area contributed by atoms with Crippen LogP contribution in [0, 0.1) is 0 Å². The molecule has 1 aromatic rings. The molecular weight excluding hydrogens is 683 g/mol. The van der Waals surface area contributed by atoms with Gasteiger partial charge in [-0.05, 0) is 33.9 Å². The first-order chi connectivity index (χ1) is 19.9. The average molecular weight is 710 g/mol. The third-order valence-electron chi connectivity index (χ3n) is 6.61. The van der Waals surface area contributed by atoms with Gasteiger partial charge in [-0.1, -0.05) is 53.7 Å². The molecule has 1 aromatic carbocycles. The lowest BCUT2D eigenvalue weighted by Crippen LogP contribution is -2.74. The summed E-state index contributed by atoms with van der Waals surface area (Å²) in [6.07, 6.45) is -9.31. The molecule has 0 fully saturated rings. The first-order valence-corrected chi connectivity index (χ1v) is 12.6. The third-order valence-corrected chi connectivity index (χ3v) is 6.61. The van der Waals surface area contributed by atoms with Crippen LogP contribution in [0.3, 0.4) is 0 Å². The van der Waals surface area contributed by atoms with Gasteiger partial charge in [-0.3, -0.25) is 4.79 Å². The summed E-state index contributed by atoms with van der Waals surface area (Å²) in [5.41, 5.74) is -0.566. The Morgan fingerprint density at radius 2 is 0.913 bits per heavy atom. The zero-order valence-corrected chi connectivity index (χ0v) is 24.5. The molecule has 3 nitrogen and oxygen atoms in total. The smallest absolute Gasteiger partial charge is 0.460 e. The van der Waals surface area contributed by atoms with Crippen molar-refractivity contribution in [3.8, 4) is 5.75 Å². The second-order valence-corrected chi connectivity index (χ2v) is 12.3. The minimum absolute atomic E-state index is 0.142. The molecule has 0 aliphatic rings. The molecule has 0 aromatic heterocycles. The summed E-state index contributed by atoms with van der Waals surface area (Å²) in [6.45, 7) is 6.75. The van der Waals surface area contributed by atoms with Crippen molar-refractivity contribution >= 4 is 5.97 Å². The summed E-state index contributed by atoms with van der Waals surface area (Å²) in [4.78, 5) is 12.0. The second-order valence-electron chi connectivity index (χ2n) is 12.3. The van der Waals surface area contributed by atoms with Crippen molar-refractivity contribution in [1.29, 1.82) is 0 Å². The van der Waals surface area contributed by atoms with Gasteiger partial charge in [0.2, 0.25) is 0 Å². The lowest BCUT2D eigenvalue weighted by molar-refractivity contribution is -0.462. The predicted molar refractivity (Wildman–Crippen MR) is 125 cm³/mol. The highest BCUT2D eigenvalue weighted by molar-refractivity contribution is 5.70. The standard InChI is InChI=1S/C26H27F17O3/c1-17(2,3)13-9-12(10-14(16(13)45)18(4,5)6)7-8-15(44)46-11-19(27,28)20(29,30)21(31,32)22(33,34)23(35,36)24(37,38)25(39,40)26(41,42)43/h9-10,45H,7-8,11H2,1-6H3. The van der Waals surface area contributed by atoms with Crippen molar-refractivity contribution in [3.05, 3.63) is 28.8 Å². The number of aromatic hydroxyl groups is 1. The maximum Gasteiger partial charge on any atom is 0.460 e. The summed E-state index contributed by atoms with van der Waals surface area (Å²) in [5.74, 6) is -59.6. The number of phenolic OH excluding ortho intramolecular Hbond substituents is 1. The molecule has 1 N–H and O–H groups in total. The number of carbonyl (C=O) groups is 1. The van der Waals surface area contributed by atoms with Crippen molar-refractivity contribution in [2.75, 3.05) is 6.61 Å². The highest BCUT2D eigenvalue weighted by Gasteiger charge is 2.95. The van der Waals surface area contributed by atoms with Crippen molar-refractivity contribution in [2.24, 2.45) is 0 Å². The highest BCUT2D eigenvalue weighted by atomic mass is 19.4. The van der Waals surface area contributed by atoms with Crippen molar-refractivity contribution in [1.82, 2.24) is 0 Å². The molecule has 0 atom stereocenters. The number of alkyl halides is 17. The Kier molecular flexibility index (Phi) is 10.6. The maximum absolute atomic E-state index is 14.0. The molecular formula is C26H27F17O3. The second kappa shape index (κ2) is 11.8. The number of aryl methyl sites for hydroxylation is 1. The van der Waals surface area contributed by atoms with E-state index in [9.17, 15) is 84.5 Å². The Bertz CT molecular complexity index is 1230. The number of halogens is 17. The molecule has 0 spiro atoms. The van der Waals surface area contributed by atoms with E-state index >= 15 is 0 Å². The van der Waals surface area contributed by atoms with Crippen LogP contribution >= 0.6 is 0 Å². The van der Waals surface area contributed by atoms with Gasteiger partial charge in [-0.15, -0.1) is 0 Å². The quantitative estimate of drug-likeness (QED) is 0.184. The molecule has 0 radical (unpaired) electrons. The number of phenols is 1.